The third-order valence-corrected chi connectivity index (χ3v) is 5.39. The third-order valence-electron chi connectivity index (χ3n) is 5.39. The zero-order valence-corrected chi connectivity index (χ0v) is 20.0. The first-order chi connectivity index (χ1) is 17.2. The highest BCUT2D eigenvalue weighted by molar-refractivity contribution is 5.67. The highest BCUT2D eigenvalue weighted by atomic mass is 19.4. The van der Waals surface area contributed by atoms with Crippen molar-refractivity contribution in [3.8, 4) is 23.1 Å². The van der Waals surface area contributed by atoms with Gasteiger partial charge in [-0.1, -0.05) is 31.2 Å². The van der Waals surface area contributed by atoms with E-state index in [2.05, 4.69) is 4.98 Å². The van der Waals surface area contributed by atoms with Gasteiger partial charge in [0.2, 0.25) is 0 Å². The fourth-order valence-corrected chi connectivity index (χ4v) is 3.46. The van der Waals surface area contributed by atoms with Gasteiger partial charge in [0, 0.05) is 25.1 Å². The summed E-state index contributed by atoms with van der Waals surface area (Å²) in [7, 11) is 0. The molecule has 0 unspecified atom stereocenters. The van der Waals surface area contributed by atoms with Crippen LogP contribution in [0.25, 0.3) is 0 Å². The Labute approximate surface area is 207 Å². The Bertz CT molecular complexity index is 1150. The third kappa shape index (κ3) is 7.90. The molecular weight excluding hydrogens is 475 g/mol. The number of carboxylic acid groups (broad SMARTS) is 1. The van der Waals surface area contributed by atoms with Gasteiger partial charge in [-0.25, -0.2) is 4.98 Å². The molecule has 1 aromatic heterocycles. The summed E-state index contributed by atoms with van der Waals surface area (Å²) in [5, 5.41) is 8.91. The van der Waals surface area contributed by atoms with Gasteiger partial charge in [0.05, 0.1) is 12.2 Å². The first kappa shape index (κ1) is 26.8. The lowest BCUT2D eigenvalue weighted by Gasteiger charge is -2.18. The van der Waals surface area contributed by atoms with E-state index in [1.807, 2.05) is 19.1 Å². The number of para-hydroxylation sites is 1. The van der Waals surface area contributed by atoms with Gasteiger partial charge in [-0.3, -0.25) is 4.79 Å². The minimum Gasteiger partial charge on any atom is -0.493 e. The normalized spacial score (nSPS) is 12.1. The minimum absolute atomic E-state index is 0.0459. The smallest absolute Gasteiger partial charge is 0.418 e. The second kappa shape index (κ2) is 12.3. The summed E-state index contributed by atoms with van der Waals surface area (Å²) in [6, 6.07) is 14.9. The van der Waals surface area contributed by atoms with E-state index in [4.69, 9.17) is 19.3 Å². The number of aryl methyl sites for hydroxylation is 2. The van der Waals surface area contributed by atoms with Crippen molar-refractivity contribution in [2.24, 2.45) is 0 Å². The molecule has 1 N–H and O–H groups in total. The van der Waals surface area contributed by atoms with Gasteiger partial charge in [0.1, 0.15) is 17.6 Å². The fourth-order valence-electron chi connectivity index (χ4n) is 3.46. The van der Waals surface area contributed by atoms with Crippen LogP contribution in [0.2, 0.25) is 0 Å². The molecule has 0 fully saturated rings. The highest BCUT2D eigenvalue weighted by Gasteiger charge is 2.32. The van der Waals surface area contributed by atoms with Crippen LogP contribution in [0.4, 0.5) is 13.2 Å². The number of carboxylic acids is 1. The Hall–Kier alpha value is -3.75. The quantitative estimate of drug-likeness (QED) is 0.296. The number of hydrogen-bond acceptors (Lipinski definition) is 5. The first-order valence-electron chi connectivity index (χ1n) is 11.6. The van der Waals surface area contributed by atoms with Gasteiger partial charge in [-0.15, -0.1) is 0 Å². The summed E-state index contributed by atoms with van der Waals surface area (Å²) in [4.78, 5) is 14.7. The molecule has 0 aliphatic rings. The first-order valence-corrected chi connectivity index (χ1v) is 11.6. The maximum atomic E-state index is 13.2. The van der Waals surface area contributed by atoms with Crippen molar-refractivity contribution in [2.45, 2.75) is 51.8 Å². The molecule has 2 aromatic carbocycles. The molecule has 9 heteroatoms. The number of rotatable bonds is 12. The number of aliphatic carboxylic acids is 1. The molecule has 3 aromatic rings. The number of hydrogen-bond donors (Lipinski definition) is 1. The number of alkyl halides is 3. The average molecular weight is 504 g/mol. The summed E-state index contributed by atoms with van der Waals surface area (Å²) in [5.74, 6) is -0.00756. The second-order valence-electron chi connectivity index (χ2n) is 8.18. The zero-order valence-electron chi connectivity index (χ0n) is 20.0. The van der Waals surface area contributed by atoms with Gasteiger partial charge in [-0.2, -0.15) is 13.2 Å². The molecule has 0 saturated carbocycles. The van der Waals surface area contributed by atoms with Crippen LogP contribution in [0.3, 0.4) is 0 Å². The van der Waals surface area contributed by atoms with Crippen molar-refractivity contribution >= 4 is 5.97 Å². The summed E-state index contributed by atoms with van der Waals surface area (Å²) >= 11 is 0. The van der Waals surface area contributed by atoms with Gasteiger partial charge in [0.25, 0.3) is 5.88 Å². The molecule has 192 valence electrons. The molecule has 0 aliphatic heterocycles. The van der Waals surface area contributed by atoms with Crippen LogP contribution in [0, 0.1) is 0 Å². The van der Waals surface area contributed by atoms with Gasteiger partial charge < -0.3 is 19.3 Å². The second-order valence-corrected chi connectivity index (χ2v) is 8.18. The van der Waals surface area contributed by atoms with Crippen molar-refractivity contribution < 1.29 is 37.3 Å². The van der Waals surface area contributed by atoms with E-state index in [0.29, 0.717) is 37.1 Å². The van der Waals surface area contributed by atoms with E-state index in [1.165, 1.54) is 0 Å². The largest absolute Gasteiger partial charge is 0.493 e. The molecule has 0 saturated heterocycles. The van der Waals surface area contributed by atoms with Crippen molar-refractivity contribution in [2.75, 3.05) is 6.61 Å². The Kier molecular flexibility index (Phi) is 9.16. The number of carbonyl (C=O) groups is 1. The number of halogens is 3. The Morgan fingerprint density at radius 3 is 2.47 bits per heavy atom. The molecule has 6 nitrogen and oxygen atoms in total. The summed E-state index contributed by atoms with van der Waals surface area (Å²) in [5.41, 5.74) is 1.06. The number of benzene rings is 2. The van der Waals surface area contributed by atoms with Crippen LogP contribution < -0.4 is 14.2 Å². The fraction of sp³-hybridized carbons (Fsp3) is 0.333. The summed E-state index contributed by atoms with van der Waals surface area (Å²) in [6.07, 6.45) is -2.57. The molecule has 1 heterocycles. The molecule has 3 rings (SSSR count). The SMILES string of the molecule is CCc1cc(OCC[C@H](C)Oc2ncc(C(F)(F)F)cc2Oc2ccccc2)ccc1CCC(=O)O. The summed E-state index contributed by atoms with van der Waals surface area (Å²) in [6.45, 7) is 4.06. The van der Waals surface area contributed by atoms with Gasteiger partial charge in [0.15, 0.2) is 5.75 Å². The van der Waals surface area contributed by atoms with E-state index in [-0.39, 0.29) is 18.1 Å². The van der Waals surface area contributed by atoms with E-state index >= 15 is 0 Å². The Balaban J connectivity index is 1.63. The standard InChI is InChI=1S/C27H28F3NO5/c1-3-19-15-23(11-9-20(19)10-12-25(32)33)34-14-13-18(2)35-26-24(36-22-7-5-4-6-8-22)16-21(17-31-26)27(28,29)30/h4-9,11,15-18H,3,10,12-14H2,1-2H3,(H,32,33)/t18-/m0/s1. The maximum absolute atomic E-state index is 13.2. The zero-order chi connectivity index (χ0) is 26.1. The predicted molar refractivity (Wildman–Crippen MR) is 128 cm³/mol. The average Bonchev–Trinajstić information content (AvgIpc) is 2.84. The van der Waals surface area contributed by atoms with Crippen LogP contribution in [-0.4, -0.2) is 28.8 Å². The van der Waals surface area contributed by atoms with E-state index < -0.39 is 23.8 Å². The van der Waals surface area contributed by atoms with E-state index in [0.717, 1.165) is 23.6 Å². The number of nitrogens with zero attached hydrogens (tertiary/aromatic N) is 1. The van der Waals surface area contributed by atoms with Crippen LogP contribution in [0.1, 0.15) is 43.4 Å². The predicted octanol–water partition coefficient (Wildman–Crippen LogP) is 6.71. The number of pyridine rings is 1. The van der Waals surface area contributed by atoms with E-state index in [1.54, 1.807) is 43.3 Å². The topological polar surface area (TPSA) is 77.9 Å². The molecular formula is C27H28F3NO5. The van der Waals surface area contributed by atoms with Crippen LogP contribution in [0.5, 0.6) is 23.1 Å². The maximum Gasteiger partial charge on any atom is 0.418 e. The van der Waals surface area contributed by atoms with Crippen LogP contribution in [0.15, 0.2) is 60.8 Å². The van der Waals surface area contributed by atoms with Crippen molar-refractivity contribution in [3.63, 3.8) is 0 Å². The van der Waals surface area contributed by atoms with E-state index in [9.17, 15) is 18.0 Å². The minimum atomic E-state index is -4.57. The van der Waals surface area contributed by atoms with Gasteiger partial charge >= 0.3 is 12.1 Å². The summed E-state index contributed by atoms with van der Waals surface area (Å²) < 4.78 is 56.9. The molecule has 0 aliphatic carbocycles. The highest BCUT2D eigenvalue weighted by Crippen LogP contribution is 2.37. The number of ether oxygens (including phenoxy) is 3. The Morgan fingerprint density at radius 1 is 1.06 bits per heavy atom. The van der Waals surface area contributed by atoms with Gasteiger partial charge in [-0.05, 0) is 55.2 Å². The lowest BCUT2D eigenvalue weighted by Crippen LogP contribution is -2.17. The molecule has 36 heavy (non-hydrogen) atoms. The number of aromatic nitrogens is 1. The van der Waals surface area contributed by atoms with Crippen LogP contribution >= 0.6 is 0 Å². The van der Waals surface area contributed by atoms with Crippen molar-refractivity contribution in [3.05, 3.63) is 77.5 Å². The molecule has 0 bridgehead atoms. The van der Waals surface area contributed by atoms with Crippen LogP contribution in [-0.2, 0) is 23.8 Å². The lowest BCUT2D eigenvalue weighted by atomic mass is 10.0. The lowest BCUT2D eigenvalue weighted by molar-refractivity contribution is -0.138. The molecule has 0 spiro atoms. The molecule has 0 amide bonds. The van der Waals surface area contributed by atoms with Crippen molar-refractivity contribution in [1.82, 2.24) is 4.98 Å². The monoisotopic (exact) mass is 503 g/mol. The molecule has 1 atom stereocenters. The molecule has 0 radical (unpaired) electrons. The van der Waals surface area contributed by atoms with Crippen molar-refractivity contribution in [1.29, 1.82) is 0 Å². The Morgan fingerprint density at radius 2 is 1.81 bits per heavy atom.